The van der Waals surface area contributed by atoms with E-state index in [2.05, 4.69) is 24.4 Å². The number of aliphatic hydroxyl groups excluding tert-OH is 1. The van der Waals surface area contributed by atoms with Crippen LogP contribution in [0.1, 0.15) is 44.2 Å². The predicted molar refractivity (Wildman–Crippen MR) is 81.9 cm³/mol. The van der Waals surface area contributed by atoms with Crippen LogP contribution in [0.5, 0.6) is 5.75 Å². The highest BCUT2D eigenvalue weighted by Gasteiger charge is 2.24. The minimum absolute atomic E-state index is 0.335. The van der Waals surface area contributed by atoms with Crippen LogP contribution in [0.25, 0.3) is 0 Å². The van der Waals surface area contributed by atoms with E-state index in [1.54, 1.807) is 7.11 Å². The molecule has 0 spiro atoms. The Morgan fingerprint density at radius 3 is 2.45 bits per heavy atom. The van der Waals surface area contributed by atoms with Gasteiger partial charge in [-0.05, 0) is 55.8 Å². The molecule has 0 aliphatic heterocycles. The lowest BCUT2D eigenvalue weighted by Gasteiger charge is -2.31. The average Bonchev–Trinajstić information content (AvgIpc) is 2.53. The van der Waals surface area contributed by atoms with E-state index < -0.39 is 0 Å². The zero-order valence-corrected chi connectivity index (χ0v) is 12.6. The standard InChI is InChI=1S/C17H27NO2/c1-13(14-7-9-17(20-2)10-8-14)18-11-15-5-3-4-6-16(15)12-19/h7-10,13,15-16,18-19H,3-6,11-12H2,1-2H3. The van der Waals surface area contributed by atoms with Gasteiger partial charge in [0.2, 0.25) is 0 Å². The Morgan fingerprint density at radius 2 is 1.85 bits per heavy atom. The van der Waals surface area contributed by atoms with Gasteiger partial charge in [-0.3, -0.25) is 0 Å². The van der Waals surface area contributed by atoms with Crippen molar-refractivity contribution >= 4 is 0 Å². The molecule has 1 aromatic carbocycles. The predicted octanol–water partition coefficient (Wildman–Crippen LogP) is 3.14. The zero-order valence-electron chi connectivity index (χ0n) is 12.6. The van der Waals surface area contributed by atoms with Crippen LogP contribution >= 0.6 is 0 Å². The van der Waals surface area contributed by atoms with Crippen LogP contribution in [0.15, 0.2) is 24.3 Å². The summed E-state index contributed by atoms with van der Waals surface area (Å²) in [5.74, 6) is 2.00. The number of nitrogens with one attached hydrogen (secondary N) is 1. The van der Waals surface area contributed by atoms with Gasteiger partial charge in [0, 0.05) is 12.6 Å². The maximum absolute atomic E-state index is 9.46. The fourth-order valence-corrected chi connectivity index (χ4v) is 3.13. The molecule has 0 radical (unpaired) electrons. The van der Waals surface area contributed by atoms with Gasteiger partial charge in [-0.1, -0.05) is 25.0 Å². The first-order valence-electron chi connectivity index (χ1n) is 7.72. The van der Waals surface area contributed by atoms with Gasteiger partial charge >= 0.3 is 0 Å². The Labute approximate surface area is 122 Å². The van der Waals surface area contributed by atoms with E-state index in [1.165, 1.54) is 31.2 Å². The van der Waals surface area contributed by atoms with E-state index >= 15 is 0 Å². The number of aliphatic hydroxyl groups is 1. The Morgan fingerprint density at radius 1 is 1.20 bits per heavy atom. The molecule has 3 atom stereocenters. The molecule has 3 unspecified atom stereocenters. The van der Waals surface area contributed by atoms with Gasteiger partial charge in [0.25, 0.3) is 0 Å². The highest BCUT2D eigenvalue weighted by atomic mass is 16.5. The molecule has 0 heterocycles. The summed E-state index contributed by atoms with van der Waals surface area (Å²) < 4.78 is 5.18. The molecule has 0 bridgehead atoms. The zero-order chi connectivity index (χ0) is 14.4. The maximum Gasteiger partial charge on any atom is 0.118 e. The molecular formula is C17H27NO2. The van der Waals surface area contributed by atoms with Gasteiger partial charge < -0.3 is 15.2 Å². The summed E-state index contributed by atoms with van der Waals surface area (Å²) in [7, 11) is 1.69. The summed E-state index contributed by atoms with van der Waals surface area (Å²) in [5.41, 5.74) is 1.28. The van der Waals surface area contributed by atoms with Gasteiger partial charge in [-0.2, -0.15) is 0 Å². The lowest BCUT2D eigenvalue weighted by atomic mass is 9.79. The first-order valence-corrected chi connectivity index (χ1v) is 7.72. The van der Waals surface area contributed by atoms with Crippen molar-refractivity contribution < 1.29 is 9.84 Å². The highest BCUT2D eigenvalue weighted by molar-refractivity contribution is 5.28. The minimum Gasteiger partial charge on any atom is -0.497 e. The van der Waals surface area contributed by atoms with Crippen LogP contribution in [0.3, 0.4) is 0 Å². The van der Waals surface area contributed by atoms with E-state index in [9.17, 15) is 5.11 Å². The summed E-state index contributed by atoms with van der Waals surface area (Å²) in [5, 5.41) is 13.1. The Bertz CT molecular complexity index is 390. The molecule has 1 aliphatic carbocycles. The molecule has 0 amide bonds. The quantitative estimate of drug-likeness (QED) is 0.839. The smallest absolute Gasteiger partial charge is 0.118 e. The molecule has 0 aromatic heterocycles. The van der Waals surface area contributed by atoms with Crippen LogP contribution in [-0.4, -0.2) is 25.4 Å². The molecule has 1 fully saturated rings. The maximum atomic E-state index is 9.46. The first-order chi connectivity index (χ1) is 9.74. The van der Waals surface area contributed by atoms with E-state index in [0.29, 0.717) is 24.5 Å². The van der Waals surface area contributed by atoms with Crippen LogP contribution in [0, 0.1) is 11.8 Å². The molecular weight excluding hydrogens is 250 g/mol. The Balaban J connectivity index is 1.85. The van der Waals surface area contributed by atoms with E-state index in [4.69, 9.17) is 4.74 Å². The van der Waals surface area contributed by atoms with Crippen molar-refractivity contribution in [3.63, 3.8) is 0 Å². The third-order valence-corrected chi connectivity index (χ3v) is 4.60. The second-order valence-corrected chi connectivity index (χ2v) is 5.89. The van der Waals surface area contributed by atoms with Gasteiger partial charge in [-0.15, -0.1) is 0 Å². The van der Waals surface area contributed by atoms with E-state index in [0.717, 1.165) is 12.3 Å². The van der Waals surface area contributed by atoms with Crippen LogP contribution in [-0.2, 0) is 0 Å². The van der Waals surface area contributed by atoms with Crippen LogP contribution in [0.4, 0.5) is 0 Å². The lowest BCUT2D eigenvalue weighted by Crippen LogP contribution is -2.33. The van der Waals surface area contributed by atoms with Crippen LogP contribution < -0.4 is 10.1 Å². The van der Waals surface area contributed by atoms with Crippen molar-refractivity contribution in [2.75, 3.05) is 20.3 Å². The highest BCUT2D eigenvalue weighted by Crippen LogP contribution is 2.29. The Kier molecular flexibility index (Phi) is 5.86. The fraction of sp³-hybridized carbons (Fsp3) is 0.647. The summed E-state index contributed by atoms with van der Waals surface area (Å²) in [6.07, 6.45) is 5.00. The van der Waals surface area contributed by atoms with Crippen molar-refractivity contribution in [3.05, 3.63) is 29.8 Å². The molecule has 3 heteroatoms. The van der Waals surface area contributed by atoms with Gasteiger partial charge in [-0.25, -0.2) is 0 Å². The summed E-state index contributed by atoms with van der Waals surface area (Å²) in [6.45, 7) is 3.53. The third kappa shape index (κ3) is 3.97. The second-order valence-electron chi connectivity index (χ2n) is 5.89. The van der Waals surface area contributed by atoms with Crippen molar-refractivity contribution in [2.45, 2.75) is 38.6 Å². The van der Waals surface area contributed by atoms with Crippen molar-refractivity contribution in [2.24, 2.45) is 11.8 Å². The molecule has 1 aromatic rings. The topological polar surface area (TPSA) is 41.5 Å². The van der Waals surface area contributed by atoms with E-state index in [1.807, 2.05) is 12.1 Å². The number of hydrogen-bond acceptors (Lipinski definition) is 3. The number of rotatable bonds is 6. The van der Waals surface area contributed by atoms with E-state index in [-0.39, 0.29) is 0 Å². The van der Waals surface area contributed by atoms with Crippen LogP contribution in [0.2, 0.25) is 0 Å². The van der Waals surface area contributed by atoms with Gasteiger partial charge in [0.05, 0.1) is 7.11 Å². The number of methoxy groups -OCH3 is 1. The molecule has 1 saturated carbocycles. The largest absolute Gasteiger partial charge is 0.497 e. The summed E-state index contributed by atoms with van der Waals surface area (Å²) in [4.78, 5) is 0. The molecule has 3 nitrogen and oxygen atoms in total. The number of hydrogen-bond donors (Lipinski definition) is 2. The molecule has 1 aliphatic rings. The van der Waals surface area contributed by atoms with Crippen molar-refractivity contribution in [1.29, 1.82) is 0 Å². The van der Waals surface area contributed by atoms with Crippen molar-refractivity contribution in [3.8, 4) is 5.75 Å². The van der Waals surface area contributed by atoms with Crippen molar-refractivity contribution in [1.82, 2.24) is 5.32 Å². The molecule has 20 heavy (non-hydrogen) atoms. The molecule has 112 valence electrons. The second kappa shape index (κ2) is 7.65. The first kappa shape index (κ1) is 15.3. The number of ether oxygens (including phenoxy) is 1. The fourth-order valence-electron chi connectivity index (χ4n) is 3.13. The third-order valence-electron chi connectivity index (χ3n) is 4.60. The summed E-state index contributed by atoms with van der Waals surface area (Å²) in [6, 6.07) is 8.57. The minimum atomic E-state index is 0.335. The SMILES string of the molecule is COc1ccc(C(C)NCC2CCCCC2CO)cc1. The number of benzene rings is 1. The summed E-state index contributed by atoms with van der Waals surface area (Å²) >= 11 is 0. The lowest BCUT2D eigenvalue weighted by molar-refractivity contribution is 0.131. The molecule has 0 saturated heterocycles. The monoisotopic (exact) mass is 277 g/mol. The average molecular weight is 277 g/mol. The molecule has 2 rings (SSSR count). The van der Waals surface area contributed by atoms with Gasteiger partial charge in [0.15, 0.2) is 0 Å². The Hall–Kier alpha value is -1.06. The molecule has 2 N–H and O–H groups in total. The van der Waals surface area contributed by atoms with Gasteiger partial charge in [0.1, 0.15) is 5.75 Å². The normalized spacial score (nSPS) is 24.4.